The van der Waals surface area contributed by atoms with E-state index in [2.05, 4.69) is 21.3 Å². The van der Waals surface area contributed by atoms with Gasteiger partial charge in [0.15, 0.2) is 0 Å². The second-order valence-corrected chi connectivity index (χ2v) is 9.40. The zero-order valence-corrected chi connectivity index (χ0v) is 21.1. The van der Waals surface area contributed by atoms with Gasteiger partial charge in [-0.1, -0.05) is 37.5 Å². The second kappa shape index (κ2) is 12.5. The first-order chi connectivity index (χ1) is 18.7. The van der Waals surface area contributed by atoms with E-state index in [9.17, 15) is 27.6 Å². The molecule has 0 spiro atoms. The minimum atomic E-state index is -4.53. The smallest absolute Gasteiger partial charge is 0.376 e. The van der Waals surface area contributed by atoms with Crippen molar-refractivity contribution in [3.8, 4) is 0 Å². The molecule has 1 aliphatic rings. The molecule has 0 aliphatic heterocycles. The predicted molar refractivity (Wildman–Crippen MR) is 144 cm³/mol. The van der Waals surface area contributed by atoms with Crippen molar-refractivity contribution in [1.29, 1.82) is 0 Å². The van der Waals surface area contributed by atoms with Crippen LogP contribution in [0.15, 0.2) is 72.8 Å². The lowest BCUT2D eigenvalue weighted by Crippen LogP contribution is -2.36. The van der Waals surface area contributed by atoms with Crippen molar-refractivity contribution in [2.24, 2.45) is 0 Å². The summed E-state index contributed by atoms with van der Waals surface area (Å²) in [7, 11) is 0. The van der Waals surface area contributed by atoms with Crippen LogP contribution in [-0.2, 0) is 11.0 Å². The fraction of sp³-hybridized carbons (Fsp3) is 0.276. The minimum Gasteiger partial charge on any atom is -0.376 e. The molecule has 0 saturated heterocycles. The van der Waals surface area contributed by atoms with Gasteiger partial charge in [-0.15, -0.1) is 0 Å². The van der Waals surface area contributed by atoms with E-state index in [-0.39, 0.29) is 35.7 Å². The summed E-state index contributed by atoms with van der Waals surface area (Å²) in [4.78, 5) is 37.7. The van der Waals surface area contributed by atoms with Crippen molar-refractivity contribution in [2.75, 3.05) is 22.5 Å². The molecule has 3 aromatic carbocycles. The highest BCUT2D eigenvalue weighted by atomic mass is 19.4. The van der Waals surface area contributed by atoms with E-state index in [0.717, 1.165) is 37.8 Å². The van der Waals surface area contributed by atoms with Crippen molar-refractivity contribution in [3.05, 3.63) is 89.5 Å². The van der Waals surface area contributed by atoms with Crippen LogP contribution < -0.4 is 21.3 Å². The molecule has 0 unspecified atom stereocenters. The Morgan fingerprint density at radius 3 is 2.00 bits per heavy atom. The molecule has 1 aliphatic carbocycles. The van der Waals surface area contributed by atoms with Gasteiger partial charge < -0.3 is 21.3 Å². The highest BCUT2D eigenvalue weighted by Crippen LogP contribution is 2.30. The maximum Gasteiger partial charge on any atom is 0.416 e. The number of hydrogen-bond acceptors (Lipinski definition) is 4. The second-order valence-electron chi connectivity index (χ2n) is 9.40. The van der Waals surface area contributed by atoms with Gasteiger partial charge in [0, 0.05) is 34.2 Å². The normalized spacial score (nSPS) is 13.8. The van der Waals surface area contributed by atoms with E-state index >= 15 is 0 Å². The van der Waals surface area contributed by atoms with Crippen LogP contribution in [-0.4, -0.2) is 30.3 Å². The lowest BCUT2D eigenvalue weighted by Gasteiger charge is -2.22. The molecule has 10 heteroatoms. The molecule has 1 saturated carbocycles. The van der Waals surface area contributed by atoms with E-state index in [1.54, 1.807) is 36.4 Å². The Labute approximate surface area is 224 Å². The molecule has 0 atom stereocenters. The molecule has 0 heterocycles. The number of nitrogens with one attached hydrogen (secondary N) is 4. The topological polar surface area (TPSA) is 99.3 Å². The maximum atomic E-state index is 12.9. The summed E-state index contributed by atoms with van der Waals surface area (Å²) in [6.07, 6.45) is 0.874. The van der Waals surface area contributed by atoms with Gasteiger partial charge in [-0.05, 0) is 67.4 Å². The number of rotatable bonds is 8. The number of anilines is 3. The summed E-state index contributed by atoms with van der Waals surface area (Å²) in [5, 5.41) is 11.2. The number of carbonyl (C=O) groups excluding carboxylic acids is 3. The molecule has 0 bridgehead atoms. The third kappa shape index (κ3) is 8.07. The maximum absolute atomic E-state index is 12.9. The minimum absolute atomic E-state index is 0.00289. The largest absolute Gasteiger partial charge is 0.416 e. The Balaban J connectivity index is 1.30. The molecule has 7 nitrogen and oxygen atoms in total. The van der Waals surface area contributed by atoms with Crippen LogP contribution in [0.2, 0.25) is 0 Å². The standard InChI is InChI=1S/C29H29F3N4O3/c30-29(31,32)21-9-6-14-25(17-21)36-28(39)20-8-5-13-24(16-20)34-26(37)18-33-23-12-4-7-19(15-23)27(38)35-22-10-2-1-3-11-22/h4-9,12-17,22,33H,1-3,10-11,18H2,(H,34,37)(H,35,38)(H,36,39). The van der Waals surface area contributed by atoms with Crippen molar-refractivity contribution in [3.63, 3.8) is 0 Å². The summed E-state index contributed by atoms with van der Waals surface area (Å²) >= 11 is 0. The fourth-order valence-electron chi connectivity index (χ4n) is 4.39. The van der Waals surface area contributed by atoms with E-state index in [1.165, 1.54) is 30.7 Å². The number of hydrogen-bond donors (Lipinski definition) is 4. The third-order valence-electron chi connectivity index (χ3n) is 6.37. The Hall–Kier alpha value is -4.34. The van der Waals surface area contributed by atoms with Crippen LogP contribution >= 0.6 is 0 Å². The number of amides is 3. The molecular formula is C29H29F3N4O3. The molecule has 3 aromatic rings. The van der Waals surface area contributed by atoms with Crippen molar-refractivity contribution >= 4 is 34.8 Å². The molecule has 1 fully saturated rings. The molecule has 0 radical (unpaired) electrons. The number of benzene rings is 3. The summed E-state index contributed by atoms with van der Waals surface area (Å²) in [5.41, 5.74) is 0.752. The first kappa shape index (κ1) is 27.7. The van der Waals surface area contributed by atoms with Crippen molar-refractivity contribution in [1.82, 2.24) is 5.32 Å². The van der Waals surface area contributed by atoms with Crippen LogP contribution in [0.3, 0.4) is 0 Å². The van der Waals surface area contributed by atoms with Crippen LogP contribution in [0.25, 0.3) is 0 Å². The van der Waals surface area contributed by atoms with E-state index in [4.69, 9.17) is 0 Å². The molecule has 204 valence electrons. The average Bonchev–Trinajstić information content (AvgIpc) is 2.92. The van der Waals surface area contributed by atoms with Crippen LogP contribution in [0.1, 0.15) is 58.4 Å². The molecule has 0 aromatic heterocycles. The van der Waals surface area contributed by atoms with Gasteiger partial charge in [0.25, 0.3) is 11.8 Å². The summed E-state index contributed by atoms with van der Waals surface area (Å²) < 4.78 is 38.8. The summed E-state index contributed by atoms with van der Waals surface area (Å²) in [5.74, 6) is -1.15. The number of carbonyl (C=O) groups is 3. The Bertz CT molecular complexity index is 1340. The number of halogens is 3. The summed E-state index contributed by atoms with van der Waals surface area (Å²) in [6, 6.07) is 17.5. The van der Waals surface area contributed by atoms with Crippen LogP contribution in [0.4, 0.5) is 30.2 Å². The number of alkyl halides is 3. The van der Waals surface area contributed by atoms with Gasteiger partial charge in [0.2, 0.25) is 5.91 Å². The van der Waals surface area contributed by atoms with E-state index in [0.29, 0.717) is 16.9 Å². The zero-order chi connectivity index (χ0) is 27.8. The molecule has 4 rings (SSSR count). The van der Waals surface area contributed by atoms with Gasteiger partial charge in [-0.2, -0.15) is 13.2 Å². The molecule has 3 amide bonds. The van der Waals surface area contributed by atoms with Gasteiger partial charge >= 0.3 is 6.18 Å². The quantitative estimate of drug-likeness (QED) is 0.280. The van der Waals surface area contributed by atoms with E-state index < -0.39 is 17.6 Å². The SMILES string of the molecule is O=C(CNc1cccc(C(=O)NC2CCCCC2)c1)Nc1cccc(C(=O)Nc2cccc(C(F)(F)F)c2)c1. The first-order valence-electron chi connectivity index (χ1n) is 12.7. The Kier molecular flexibility index (Phi) is 8.85. The van der Waals surface area contributed by atoms with Crippen molar-refractivity contribution in [2.45, 2.75) is 44.3 Å². The highest BCUT2D eigenvalue weighted by molar-refractivity contribution is 6.05. The van der Waals surface area contributed by atoms with Gasteiger partial charge in [0.1, 0.15) is 0 Å². The van der Waals surface area contributed by atoms with Gasteiger partial charge in [0.05, 0.1) is 12.1 Å². The monoisotopic (exact) mass is 538 g/mol. The van der Waals surface area contributed by atoms with Crippen molar-refractivity contribution < 1.29 is 27.6 Å². The Morgan fingerprint density at radius 2 is 1.31 bits per heavy atom. The van der Waals surface area contributed by atoms with Crippen LogP contribution in [0, 0.1) is 0 Å². The van der Waals surface area contributed by atoms with Gasteiger partial charge in [-0.25, -0.2) is 0 Å². The molecule has 4 N–H and O–H groups in total. The van der Waals surface area contributed by atoms with Gasteiger partial charge in [-0.3, -0.25) is 14.4 Å². The molecule has 39 heavy (non-hydrogen) atoms. The predicted octanol–water partition coefficient (Wildman–Crippen LogP) is 6.07. The van der Waals surface area contributed by atoms with E-state index in [1.807, 2.05) is 0 Å². The average molecular weight is 539 g/mol. The zero-order valence-electron chi connectivity index (χ0n) is 21.1. The Morgan fingerprint density at radius 1 is 0.718 bits per heavy atom. The summed E-state index contributed by atoms with van der Waals surface area (Å²) in [6.45, 7) is -0.0889. The van der Waals surface area contributed by atoms with Crippen LogP contribution in [0.5, 0.6) is 0 Å². The third-order valence-corrected chi connectivity index (χ3v) is 6.37. The lowest BCUT2D eigenvalue weighted by atomic mass is 9.95. The molecular weight excluding hydrogens is 509 g/mol. The lowest BCUT2D eigenvalue weighted by molar-refractivity contribution is -0.137. The fourth-order valence-corrected chi connectivity index (χ4v) is 4.39. The first-order valence-corrected chi connectivity index (χ1v) is 12.7. The highest BCUT2D eigenvalue weighted by Gasteiger charge is 2.30.